The van der Waals surface area contributed by atoms with Crippen LogP contribution < -0.4 is 4.74 Å². The van der Waals surface area contributed by atoms with Crippen molar-refractivity contribution in [2.24, 2.45) is 5.92 Å². The highest BCUT2D eigenvalue weighted by Crippen LogP contribution is 2.53. The largest absolute Gasteiger partial charge is 0.507 e. The van der Waals surface area contributed by atoms with Gasteiger partial charge in [-0.15, -0.1) is 0 Å². The summed E-state index contributed by atoms with van der Waals surface area (Å²) in [6, 6.07) is 2.12. The Balaban J connectivity index is 2.39. The van der Waals surface area contributed by atoms with Crippen LogP contribution in [0.5, 0.6) is 11.5 Å². The van der Waals surface area contributed by atoms with Crippen LogP contribution >= 0.6 is 0 Å². The van der Waals surface area contributed by atoms with Gasteiger partial charge in [0.2, 0.25) is 0 Å². The zero-order valence-corrected chi connectivity index (χ0v) is 13.2. The standard InChI is InChI=1S/C21H30O2/c1-5-6-7-8-15-12-18(22)20-16-11-14(2)9-10-17(16)21(3,4)23-19(20)13-15/h11-13,16-17,22H,5-10H2,1-4H3/t16-,17-/m1/s1/i2D3,3D3,4D3,9D2,11D. The summed E-state index contributed by atoms with van der Waals surface area (Å²) < 4.78 is 104. The van der Waals surface area contributed by atoms with Crippen LogP contribution in [0.15, 0.2) is 23.8 Å². The van der Waals surface area contributed by atoms with E-state index in [1.807, 2.05) is 6.92 Å². The minimum absolute atomic E-state index is 0.0828. The fraction of sp³-hybridized carbons (Fsp3) is 0.619. The van der Waals surface area contributed by atoms with Gasteiger partial charge in [-0.25, -0.2) is 0 Å². The van der Waals surface area contributed by atoms with Crippen LogP contribution in [0.1, 0.15) is 93.0 Å². The highest BCUT2D eigenvalue weighted by molar-refractivity contribution is 5.53. The Hall–Kier alpha value is -1.44. The minimum Gasteiger partial charge on any atom is -0.507 e. The van der Waals surface area contributed by atoms with Crippen molar-refractivity contribution in [2.75, 3.05) is 0 Å². The first-order valence-electron chi connectivity index (χ1n) is 14.1. The van der Waals surface area contributed by atoms with E-state index in [0.29, 0.717) is 12.0 Å². The van der Waals surface area contributed by atoms with Crippen LogP contribution in [0.2, 0.25) is 0 Å². The Labute approximate surface area is 157 Å². The molecule has 1 aromatic carbocycles. The number of phenolic OH excluding ortho intramolecular Hbond substituents is 1. The quantitative estimate of drug-likeness (QED) is 0.565. The second-order valence-corrected chi connectivity index (χ2v) is 6.31. The molecule has 3 rings (SSSR count). The number of hydrogen-bond acceptors (Lipinski definition) is 2. The van der Waals surface area contributed by atoms with Gasteiger partial charge in [-0.05, 0) is 63.9 Å². The zero-order valence-electron chi connectivity index (χ0n) is 25.2. The van der Waals surface area contributed by atoms with Crippen molar-refractivity contribution in [3.8, 4) is 11.5 Å². The maximum Gasteiger partial charge on any atom is 0.127 e. The number of fused-ring (bicyclic) bond motifs is 3. The lowest BCUT2D eigenvalue weighted by Gasteiger charge is -2.46. The van der Waals surface area contributed by atoms with Crippen molar-refractivity contribution >= 4 is 0 Å². The third-order valence-corrected chi connectivity index (χ3v) is 4.55. The van der Waals surface area contributed by atoms with Gasteiger partial charge < -0.3 is 9.84 Å². The Morgan fingerprint density at radius 3 is 3.04 bits per heavy atom. The molecule has 0 aromatic heterocycles. The maximum atomic E-state index is 10.9. The van der Waals surface area contributed by atoms with E-state index in [2.05, 4.69) is 0 Å². The average Bonchev–Trinajstić information content (AvgIpc) is 2.63. The molecule has 1 N–H and O–H groups in total. The number of unbranched alkanes of at least 4 members (excludes halogenated alkanes) is 2. The van der Waals surface area contributed by atoms with Crippen molar-refractivity contribution < 1.29 is 26.3 Å². The predicted molar refractivity (Wildman–Crippen MR) is 95.3 cm³/mol. The van der Waals surface area contributed by atoms with Crippen LogP contribution in [0.4, 0.5) is 0 Å². The molecule has 0 amide bonds. The minimum atomic E-state index is -3.29. The molecule has 0 saturated heterocycles. The van der Waals surface area contributed by atoms with Crippen molar-refractivity contribution in [1.29, 1.82) is 0 Å². The smallest absolute Gasteiger partial charge is 0.127 e. The third kappa shape index (κ3) is 3.13. The summed E-state index contributed by atoms with van der Waals surface area (Å²) >= 11 is 0. The molecule has 2 heteroatoms. The fourth-order valence-corrected chi connectivity index (χ4v) is 3.33. The molecule has 23 heavy (non-hydrogen) atoms. The SMILES string of the molecule is [2H]C1=C(C([2H])([2H])[2H])C([2H])([2H])C[C@@H]2[C@@H]1c1c(O)cc(CCCCC)cc1OC2(C([2H])([2H])[2H])C([2H])([2H])[2H]. The molecule has 0 saturated carbocycles. The lowest BCUT2D eigenvalue weighted by atomic mass is 9.68. The summed E-state index contributed by atoms with van der Waals surface area (Å²) in [5.74, 6) is -3.77. The fourth-order valence-electron chi connectivity index (χ4n) is 3.33. The zero-order chi connectivity index (χ0) is 26.8. The van der Waals surface area contributed by atoms with E-state index >= 15 is 0 Å². The number of rotatable bonds is 4. The molecule has 2 nitrogen and oxygen atoms in total. The van der Waals surface area contributed by atoms with Gasteiger partial charge in [-0.3, -0.25) is 0 Å². The van der Waals surface area contributed by atoms with Gasteiger partial charge in [-0.1, -0.05) is 31.4 Å². The van der Waals surface area contributed by atoms with Crippen LogP contribution in [-0.4, -0.2) is 10.7 Å². The molecule has 1 aliphatic heterocycles. The Bertz CT molecular complexity index is 989. The number of benzene rings is 1. The number of phenols is 1. The van der Waals surface area contributed by atoms with E-state index in [9.17, 15) is 5.11 Å². The van der Waals surface area contributed by atoms with E-state index in [4.69, 9.17) is 21.2 Å². The first kappa shape index (κ1) is 7.21. The van der Waals surface area contributed by atoms with Crippen LogP contribution in [0.25, 0.3) is 0 Å². The molecule has 1 heterocycles. The Morgan fingerprint density at radius 1 is 1.43 bits per heavy atom. The summed E-state index contributed by atoms with van der Waals surface area (Å²) in [5, 5.41) is 10.9. The van der Waals surface area contributed by atoms with Gasteiger partial charge in [0.1, 0.15) is 17.1 Å². The second kappa shape index (κ2) is 6.22. The second-order valence-electron chi connectivity index (χ2n) is 6.31. The molecule has 0 unspecified atom stereocenters. The lowest BCUT2D eigenvalue weighted by molar-refractivity contribution is 0.0107. The molecule has 2 atom stereocenters. The van der Waals surface area contributed by atoms with Crippen molar-refractivity contribution in [2.45, 2.75) is 77.5 Å². The molecule has 0 fully saturated rings. The van der Waals surface area contributed by atoms with Crippen molar-refractivity contribution in [3.63, 3.8) is 0 Å². The van der Waals surface area contributed by atoms with Crippen LogP contribution in [0, 0.1) is 5.92 Å². The van der Waals surface area contributed by atoms with E-state index in [-0.39, 0.29) is 17.1 Å². The number of hydrogen-bond donors (Lipinski definition) is 1. The number of ether oxygens (including phenoxy) is 1. The van der Waals surface area contributed by atoms with E-state index in [1.165, 1.54) is 12.1 Å². The molecule has 126 valence electrons. The summed E-state index contributed by atoms with van der Waals surface area (Å²) in [5.41, 5.74) is -3.25. The van der Waals surface area contributed by atoms with E-state index in [0.717, 1.165) is 19.3 Å². The third-order valence-electron chi connectivity index (χ3n) is 4.55. The number of aryl methyl sites for hydroxylation is 1. The maximum absolute atomic E-state index is 10.9. The molecule has 0 bridgehead atoms. The topological polar surface area (TPSA) is 29.5 Å². The van der Waals surface area contributed by atoms with Gasteiger partial charge in [0, 0.05) is 32.5 Å². The molecule has 1 aromatic rings. The van der Waals surface area contributed by atoms with E-state index < -0.39 is 62.4 Å². The monoisotopic (exact) mass is 326 g/mol. The predicted octanol–water partition coefficient (Wildman–Crippen LogP) is 5.74. The highest BCUT2D eigenvalue weighted by atomic mass is 16.5. The normalized spacial score (nSPS) is 37.1. The number of allylic oxidation sites excluding steroid dienone is 2. The van der Waals surface area contributed by atoms with Crippen LogP contribution in [-0.2, 0) is 6.42 Å². The van der Waals surface area contributed by atoms with Gasteiger partial charge in [-0.2, -0.15) is 0 Å². The summed E-state index contributed by atoms with van der Waals surface area (Å²) in [6.07, 6.45) is -0.409. The molecular weight excluding hydrogens is 284 g/mol. The highest BCUT2D eigenvalue weighted by Gasteiger charge is 2.45. The summed E-state index contributed by atoms with van der Waals surface area (Å²) in [6.45, 7) is -7.59. The molecule has 1 aliphatic carbocycles. The molecule has 0 spiro atoms. The first-order valence-corrected chi connectivity index (χ1v) is 8.06. The summed E-state index contributed by atoms with van der Waals surface area (Å²) in [4.78, 5) is 0. The number of aromatic hydroxyl groups is 1. The first-order chi connectivity index (χ1) is 15.8. The van der Waals surface area contributed by atoms with E-state index in [1.54, 1.807) is 0 Å². The Morgan fingerprint density at radius 2 is 2.30 bits per heavy atom. The van der Waals surface area contributed by atoms with Gasteiger partial charge in [0.25, 0.3) is 0 Å². The van der Waals surface area contributed by atoms with Crippen molar-refractivity contribution in [1.82, 2.24) is 0 Å². The lowest BCUT2D eigenvalue weighted by Crippen LogP contribution is -2.45. The molecule has 2 aliphatic rings. The van der Waals surface area contributed by atoms with Crippen molar-refractivity contribution in [3.05, 3.63) is 34.9 Å². The molecule has 0 radical (unpaired) electrons. The van der Waals surface area contributed by atoms with Gasteiger partial charge >= 0.3 is 0 Å². The van der Waals surface area contributed by atoms with Gasteiger partial charge in [0.05, 0.1) is 1.37 Å². The Kier molecular flexibility index (Phi) is 1.95. The average molecular weight is 327 g/mol. The molecular formula is C21H30O2. The summed E-state index contributed by atoms with van der Waals surface area (Å²) in [7, 11) is 0. The van der Waals surface area contributed by atoms with Gasteiger partial charge in [0.15, 0.2) is 0 Å². The van der Waals surface area contributed by atoms with Crippen LogP contribution in [0.3, 0.4) is 0 Å².